The molecule has 0 aliphatic carbocycles. The highest BCUT2D eigenvalue weighted by atomic mass is 19.4. The Labute approximate surface area is 146 Å². The quantitative estimate of drug-likeness (QED) is 0.759. The molecule has 0 saturated heterocycles. The minimum atomic E-state index is -4.54. The van der Waals surface area contributed by atoms with Gasteiger partial charge in [0.15, 0.2) is 0 Å². The summed E-state index contributed by atoms with van der Waals surface area (Å²) >= 11 is 0. The summed E-state index contributed by atoms with van der Waals surface area (Å²) in [5, 5.41) is 10.3. The van der Waals surface area contributed by atoms with Gasteiger partial charge in [-0.25, -0.2) is 4.68 Å². The maximum absolute atomic E-state index is 13.1. The van der Waals surface area contributed by atoms with E-state index in [2.05, 4.69) is 15.6 Å². The van der Waals surface area contributed by atoms with Crippen molar-refractivity contribution in [2.75, 3.05) is 5.32 Å². The number of aromatic nitrogens is 3. The topological polar surface area (TPSA) is 73.0 Å². The molecular formula is C17H15F3N4O2. The largest absolute Gasteiger partial charge is 0.416 e. The van der Waals surface area contributed by atoms with Gasteiger partial charge in [-0.3, -0.25) is 4.79 Å². The lowest BCUT2D eigenvalue weighted by Gasteiger charge is -2.14. The molecule has 1 aromatic carbocycles. The summed E-state index contributed by atoms with van der Waals surface area (Å²) < 4.78 is 45.6. The highest BCUT2D eigenvalue weighted by Crippen LogP contribution is 2.33. The van der Waals surface area contributed by atoms with Gasteiger partial charge in [-0.2, -0.15) is 18.3 Å². The van der Waals surface area contributed by atoms with Crippen molar-refractivity contribution in [1.29, 1.82) is 0 Å². The van der Waals surface area contributed by atoms with E-state index in [0.29, 0.717) is 23.6 Å². The third-order valence-corrected chi connectivity index (χ3v) is 3.82. The number of hydrogen-bond acceptors (Lipinski definition) is 4. The number of anilines is 1. The fraction of sp³-hybridized carbons (Fsp3) is 0.235. The van der Waals surface area contributed by atoms with Gasteiger partial charge < -0.3 is 9.84 Å². The Hall–Kier alpha value is -3.10. The zero-order valence-corrected chi connectivity index (χ0v) is 14.0. The van der Waals surface area contributed by atoms with E-state index in [1.165, 1.54) is 16.9 Å². The number of amides is 1. The predicted octanol–water partition coefficient (Wildman–Crippen LogP) is 4.00. The van der Waals surface area contributed by atoms with E-state index in [1.54, 1.807) is 26.1 Å². The summed E-state index contributed by atoms with van der Waals surface area (Å²) in [4.78, 5) is 12.6. The molecule has 1 amide bonds. The van der Waals surface area contributed by atoms with Crippen molar-refractivity contribution in [3.05, 3.63) is 59.2 Å². The average Bonchev–Trinajstić information content (AvgIpc) is 3.23. The molecule has 0 atom stereocenters. The molecule has 2 heterocycles. The van der Waals surface area contributed by atoms with Crippen LogP contribution in [-0.4, -0.2) is 20.8 Å². The fourth-order valence-corrected chi connectivity index (χ4v) is 2.56. The monoisotopic (exact) mass is 364 g/mol. The van der Waals surface area contributed by atoms with Crippen molar-refractivity contribution in [3.8, 4) is 5.69 Å². The molecule has 3 aromatic rings. The smallest absolute Gasteiger partial charge is 0.361 e. The first-order chi connectivity index (χ1) is 12.3. The van der Waals surface area contributed by atoms with E-state index in [0.717, 1.165) is 12.1 Å². The third-order valence-electron chi connectivity index (χ3n) is 3.82. The molecule has 9 heteroatoms. The number of halogens is 3. The molecular weight excluding hydrogens is 349 g/mol. The summed E-state index contributed by atoms with van der Waals surface area (Å²) in [6.07, 6.45) is -1.03. The predicted molar refractivity (Wildman–Crippen MR) is 87.1 cm³/mol. The van der Waals surface area contributed by atoms with Crippen LogP contribution in [0.4, 0.5) is 18.9 Å². The van der Waals surface area contributed by atoms with Crippen LogP contribution in [0.3, 0.4) is 0 Å². The van der Waals surface area contributed by atoms with Crippen molar-refractivity contribution in [3.63, 3.8) is 0 Å². The first kappa shape index (κ1) is 17.7. The molecule has 6 nitrogen and oxygen atoms in total. The lowest BCUT2D eigenvalue weighted by Crippen LogP contribution is -2.17. The lowest BCUT2D eigenvalue weighted by atomic mass is 10.1. The molecule has 26 heavy (non-hydrogen) atoms. The zero-order valence-electron chi connectivity index (χ0n) is 14.0. The second-order valence-electron chi connectivity index (χ2n) is 5.55. The van der Waals surface area contributed by atoms with Gasteiger partial charge in [-0.15, -0.1) is 0 Å². The van der Waals surface area contributed by atoms with E-state index in [9.17, 15) is 18.0 Å². The van der Waals surface area contributed by atoms with Crippen molar-refractivity contribution in [1.82, 2.24) is 14.9 Å². The van der Waals surface area contributed by atoms with Crippen LogP contribution in [0.2, 0.25) is 0 Å². The number of benzene rings is 1. The van der Waals surface area contributed by atoms with Crippen molar-refractivity contribution in [2.45, 2.75) is 26.4 Å². The summed E-state index contributed by atoms with van der Waals surface area (Å²) in [7, 11) is 0. The Morgan fingerprint density at radius 3 is 2.73 bits per heavy atom. The summed E-state index contributed by atoms with van der Waals surface area (Å²) in [6, 6.07) is 4.70. The molecule has 1 N–H and O–H groups in total. The standard InChI is InChI=1S/C17H15F3N4O2/c1-3-12-15(10(2)26-23-12)16(25)22-13-9-11(17(18,19)20)5-6-14(13)24-8-4-7-21-24/h4-9H,3H2,1-2H3,(H,22,25). The van der Waals surface area contributed by atoms with Gasteiger partial charge in [0.2, 0.25) is 0 Å². The van der Waals surface area contributed by atoms with Crippen LogP contribution in [0.15, 0.2) is 41.2 Å². The molecule has 0 bridgehead atoms. The van der Waals surface area contributed by atoms with Crippen LogP contribution in [0.25, 0.3) is 5.69 Å². The third kappa shape index (κ3) is 3.32. The molecule has 0 saturated carbocycles. The van der Waals surface area contributed by atoms with Gasteiger partial charge in [0, 0.05) is 12.4 Å². The highest BCUT2D eigenvalue weighted by Gasteiger charge is 2.31. The Bertz CT molecular complexity index is 930. The Morgan fingerprint density at radius 1 is 1.35 bits per heavy atom. The van der Waals surface area contributed by atoms with E-state index >= 15 is 0 Å². The fourth-order valence-electron chi connectivity index (χ4n) is 2.56. The summed E-state index contributed by atoms with van der Waals surface area (Å²) in [5.74, 6) is -0.291. The van der Waals surface area contributed by atoms with E-state index in [1.807, 2.05) is 0 Å². The zero-order chi connectivity index (χ0) is 18.9. The number of nitrogens with zero attached hydrogens (tertiary/aromatic N) is 3. The number of hydrogen-bond donors (Lipinski definition) is 1. The number of carbonyl (C=O) groups excluding carboxylic acids is 1. The SMILES string of the molecule is CCc1noc(C)c1C(=O)Nc1cc(C(F)(F)F)ccc1-n1cccn1. The van der Waals surface area contributed by atoms with Crippen molar-refractivity contribution in [2.24, 2.45) is 0 Å². The van der Waals surface area contributed by atoms with Gasteiger partial charge in [0.25, 0.3) is 5.91 Å². The molecule has 2 aromatic heterocycles. The second kappa shape index (κ2) is 6.66. The molecule has 0 radical (unpaired) electrons. The highest BCUT2D eigenvalue weighted by molar-refractivity contribution is 6.06. The minimum Gasteiger partial charge on any atom is -0.361 e. The molecule has 0 aliphatic rings. The van der Waals surface area contributed by atoms with Gasteiger partial charge in [0.05, 0.1) is 22.6 Å². The molecule has 0 spiro atoms. The van der Waals surface area contributed by atoms with E-state index in [-0.39, 0.29) is 11.3 Å². The normalized spacial score (nSPS) is 11.6. The Balaban J connectivity index is 2.04. The first-order valence-electron chi connectivity index (χ1n) is 7.79. The van der Waals surface area contributed by atoms with Gasteiger partial charge in [-0.1, -0.05) is 12.1 Å². The van der Waals surface area contributed by atoms with Crippen molar-refractivity contribution < 1.29 is 22.5 Å². The number of carbonyl (C=O) groups is 1. The number of aryl methyl sites for hydroxylation is 2. The maximum Gasteiger partial charge on any atom is 0.416 e. The molecule has 3 rings (SSSR count). The van der Waals surface area contributed by atoms with Crippen LogP contribution in [0.1, 0.15) is 34.3 Å². The van der Waals surface area contributed by atoms with Crippen LogP contribution in [0.5, 0.6) is 0 Å². The second-order valence-corrected chi connectivity index (χ2v) is 5.55. The molecule has 136 valence electrons. The minimum absolute atomic E-state index is 0.0174. The number of nitrogens with one attached hydrogen (secondary N) is 1. The van der Waals surface area contributed by atoms with Gasteiger partial charge >= 0.3 is 6.18 Å². The van der Waals surface area contributed by atoms with Crippen molar-refractivity contribution >= 4 is 11.6 Å². The van der Waals surface area contributed by atoms with E-state index in [4.69, 9.17) is 4.52 Å². The first-order valence-corrected chi connectivity index (χ1v) is 7.79. The van der Waals surface area contributed by atoms with Gasteiger partial charge in [-0.05, 0) is 37.6 Å². The maximum atomic E-state index is 13.1. The molecule has 0 fully saturated rings. The summed E-state index contributed by atoms with van der Waals surface area (Å²) in [6.45, 7) is 3.37. The number of rotatable bonds is 4. The molecule has 0 unspecified atom stereocenters. The number of alkyl halides is 3. The van der Waals surface area contributed by atoms with Crippen LogP contribution in [-0.2, 0) is 12.6 Å². The Kier molecular flexibility index (Phi) is 4.54. The Morgan fingerprint density at radius 2 is 2.12 bits per heavy atom. The van der Waals surface area contributed by atoms with Crippen LogP contribution >= 0.6 is 0 Å². The van der Waals surface area contributed by atoms with Crippen LogP contribution < -0.4 is 5.32 Å². The molecule has 0 aliphatic heterocycles. The average molecular weight is 364 g/mol. The lowest BCUT2D eigenvalue weighted by molar-refractivity contribution is -0.137. The van der Waals surface area contributed by atoms with E-state index < -0.39 is 17.6 Å². The summed E-state index contributed by atoms with van der Waals surface area (Å²) in [5.41, 5.74) is 0.0742. The van der Waals surface area contributed by atoms with Gasteiger partial charge in [0.1, 0.15) is 11.3 Å². The van der Waals surface area contributed by atoms with Crippen LogP contribution in [0, 0.1) is 6.92 Å².